The molecule has 0 radical (unpaired) electrons. The summed E-state index contributed by atoms with van der Waals surface area (Å²) >= 11 is 0. The summed E-state index contributed by atoms with van der Waals surface area (Å²) in [6.07, 6.45) is 1.68. The minimum absolute atomic E-state index is 0. The SMILES string of the molecule is COc1ccc([C@@H](N)CCCN)c(OC)c1OC.Cl. The molecular formula is C13H23ClN2O3. The van der Waals surface area contributed by atoms with E-state index in [9.17, 15) is 0 Å². The third-order valence-electron chi connectivity index (χ3n) is 2.85. The smallest absolute Gasteiger partial charge is 0.203 e. The van der Waals surface area contributed by atoms with Crippen molar-refractivity contribution < 1.29 is 14.2 Å². The second-order valence-corrected chi connectivity index (χ2v) is 3.96. The van der Waals surface area contributed by atoms with Crippen molar-refractivity contribution in [3.05, 3.63) is 17.7 Å². The van der Waals surface area contributed by atoms with Gasteiger partial charge in [0.05, 0.1) is 21.3 Å². The maximum Gasteiger partial charge on any atom is 0.203 e. The van der Waals surface area contributed by atoms with E-state index < -0.39 is 0 Å². The van der Waals surface area contributed by atoms with Gasteiger partial charge in [-0.05, 0) is 31.5 Å². The molecule has 19 heavy (non-hydrogen) atoms. The van der Waals surface area contributed by atoms with Crippen LogP contribution in [0.25, 0.3) is 0 Å². The van der Waals surface area contributed by atoms with Gasteiger partial charge in [0.1, 0.15) is 0 Å². The molecule has 5 nitrogen and oxygen atoms in total. The Kier molecular flexibility index (Phi) is 8.30. The molecule has 1 aromatic rings. The normalized spacial score (nSPS) is 11.4. The van der Waals surface area contributed by atoms with Crippen LogP contribution < -0.4 is 25.7 Å². The van der Waals surface area contributed by atoms with Crippen LogP contribution in [-0.2, 0) is 0 Å². The first-order chi connectivity index (χ1) is 8.69. The fourth-order valence-corrected chi connectivity index (χ4v) is 1.91. The van der Waals surface area contributed by atoms with Gasteiger partial charge in [0.15, 0.2) is 11.5 Å². The highest BCUT2D eigenvalue weighted by Crippen LogP contribution is 2.42. The number of halogens is 1. The molecule has 0 heterocycles. The zero-order valence-electron chi connectivity index (χ0n) is 11.6. The van der Waals surface area contributed by atoms with E-state index in [2.05, 4.69) is 0 Å². The average molecular weight is 291 g/mol. The lowest BCUT2D eigenvalue weighted by Crippen LogP contribution is -2.14. The number of hydrogen-bond donors (Lipinski definition) is 2. The molecule has 1 aromatic carbocycles. The highest BCUT2D eigenvalue weighted by molar-refractivity contribution is 5.85. The zero-order chi connectivity index (χ0) is 13.5. The molecule has 0 aliphatic rings. The summed E-state index contributed by atoms with van der Waals surface area (Å²) in [7, 11) is 4.76. The number of ether oxygens (including phenoxy) is 3. The molecule has 110 valence electrons. The van der Waals surface area contributed by atoms with Gasteiger partial charge in [0, 0.05) is 11.6 Å². The molecule has 0 aliphatic carbocycles. The summed E-state index contributed by atoms with van der Waals surface area (Å²) in [5.41, 5.74) is 12.5. The Labute approximate surface area is 120 Å². The lowest BCUT2D eigenvalue weighted by Gasteiger charge is -2.19. The van der Waals surface area contributed by atoms with E-state index in [0.29, 0.717) is 23.8 Å². The van der Waals surface area contributed by atoms with Crippen LogP contribution in [0.5, 0.6) is 17.2 Å². The van der Waals surface area contributed by atoms with Gasteiger partial charge in [-0.1, -0.05) is 0 Å². The molecule has 1 rings (SSSR count). The van der Waals surface area contributed by atoms with Crippen LogP contribution in [-0.4, -0.2) is 27.9 Å². The van der Waals surface area contributed by atoms with Gasteiger partial charge in [-0.15, -0.1) is 12.4 Å². The number of hydrogen-bond acceptors (Lipinski definition) is 5. The fourth-order valence-electron chi connectivity index (χ4n) is 1.91. The first-order valence-electron chi connectivity index (χ1n) is 5.94. The Balaban J connectivity index is 0.00000324. The minimum Gasteiger partial charge on any atom is -0.493 e. The van der Waals surface area contributed by atoms with Crippen molar-refractivity contribution in [3.8, 4) is 17.2 Å². The fraction of sp³-hybridized carbons (Fsp3) is 0.538. The molecule has 6 heteroatoms. The number of benzene rings is 1. The summed E-state index contributed by atoms with van der Waals surface area (Å²) < 4.78 is 15.9. The standard InChI is InChI=1S/C13H22N2O3.ClH/c1-16-11-7-6-9(10(15)5-4-8-14)12(17-2)13(11)18-3;/h6-7,10H,4-5,8,14-15H2,1-3H3;1H/t10-;/m0./s1. The van der Waals surface area contributed by atoms with Crippen LogP contribution in [0.3, 0.4) is 0 Å². The second kappa shape index (κ2) is 8.85. The van der Waals surface area contributed by atoms with Gasteiger partial charge in [0.25, 0.3) is 0 Å². The molecule has 0 aromatic heterocycles. The minimum atomic E-state index is -0.122. The van der Waals surface area contributed by atoms with Gasteiger partial charge in [-0.2, -0.15) is 0 Å². The van der Waals surface area contributed by atoms with Gasteiger partial charge < -0.3 is 25.7 Å². The number of methoxy groups -OCH3 is 3. The third-order valence-corrected chi connectivity index (χ3v) is 2.85. The topological polar surface area (TPSA) is 79.7 Å². The molecule has 0 fully saturated rings. The Hall–Kier alpha value is -1.17. The Bertz CT molecular complexity index is 388. The lowest BCUT2D eigenvalue weighted by atomic mass is 10.0. The van der Waals surface area contributed by atoms with Crippen molar-refractivity contribution >= 4 is 12.4 Å². The van der Waals surface area contributed by atoms with Gasteiger partial charge in [-0.25, -0.2) is 0 Å². The van der Waals surface area contributed by atoms with E-state index in [0.717, 1.165) is 18.4 Å². The van der Waals surface area contributed by atoms with E-state index in [4.69, 9.17) is 25.7 Å². The second-order valence-electron chi connectivity index (χ2n) is 3.96. The van der Waals surface area contributed by atoms with Crippen LogP contribution in [0, 0.1) is 0 Å². The Morgan fingerprint density at radius 1 is 1.05 bits per heavy atom. The molecule has 4 N–H and O–H groups in total. The quantitative estimate of drug-likeness (QED) is 0.801. The molecule has 0 spiro atoms. The predicted octanol–water partition coefficient (Wildman–Crippen LogP) is 1.87. The van der Waals surface area contributed by atoms with Crippen LogP contribution in [0.4, 0.5) is 0 Å². The number of nitrogens with two attached hydrogens (primary N) is 2. The zero-order valence-corrected chi connectivity index (χ0v) is 12.5. The summed E-state index contributed by atoms with van der Waals surface area (Å²) in [4.78, 5) is 0. The van der Waals surface area contributed by atoms with Gasteiger partial charge >= 0.3 is 0 Å². The van der Waals surface area contributed by atoms with Gasteiger partial charge in [0.2, 0.25) is 5.75 Å². The van der Waals surface area contributed by atoms with E-state index in [-0.39, 0.29) is 18.4 Å². The van der Waals surface area contributed by atoms with Crippen LogP contribution in [0.1, 0.15) is 24.4 Å². The monoisotopic (exact) mass is 290 g/mol. The predicted molar refractivity (Wildman–Crippen MR) is 78.6 cm³/mol. The first-order valence-corrected chi connectivity index (χ1v) is 5.94. The van der Waals surface area contributed by atoms with E-state index in [1.807, 2.05) is 12.1 Å². The first kappa shape index (κ1) is 17.8. The summed E-state index contributed by atoms with van der Waals surface area (Å²) in [6.45, 7) is 0.628. The van der Waals surface area contributed by atoms with Crippen molar-refractivity contribution in [2.24, 2.45) is 11.5 Å². The van der Waals surface area contributed by atoms with Crippen molar-refractivity contribution in [2.45, 2.75) is 18.9 Å². The molecule has 0 saturated carbocycles. The van der Waals surface area contributed by atoms with E-state index in [1.165, 1.54) is 0 Å². The Morgan fingerprint density at radius 2 is 1.68 bits per heavy atom. The molecule has 0 unspecified atom stereocenters. The van der Waals surface area contributed by atoms with Crippen molar-refractivity contribution in [3.63, 3.8) is 0 Å². The van der Waals surface area contributed by atoms with Crippen molar-refractivity contribution in [1.29, 1.82) is 0 Å². The summed E-state index contributed by atoms with van der Waals surface area (Å²) in [5.74, 6) is 1.83. The summed E-state index contributed by atoms with van der Waals surface area (Å²) in [5, 5.41) is 0. The average Bonchev–Trinajstić information content (AvgIpc) is 2.42. The lowest BCUT2D eigenvalue weighted by molar-refractivity contribution is 0.320. The maximum atomic E-state index is 6.14. The van der Waals surface area contributed by atoms with E-state index >= 15 is 0 Å². The molecular weight excluding hydrogens is 268 g/mol. The van der Waals surface area contributed by atoms with Gasteiger partial charge in [-0.3, -0.25) is 0 Å². The highest BCUT2D eigenvalue weighted by atomic mass is 35.5. The third kappa shape index (κ3) is 4.16. The van der Waals surface area contributed by atoms with Crippen LogP contribution in [0.2, 0.25) is 0 Å². The molecule has 1 atom stereocenters. The molecule has 0 amide bonds. The van der Waals surface area contributed by atoms with Crippen molar-refractivity contribution in [2.75, 3.05) is 27.9 Å². The summed E-state index contributed by atoms with van der Waals surface area (Å²) in [6, 6.07) is 3.61. The number of rotatable bonds is 7. The highest BCUT2D eigenvalue weighted by Gasteiger charge is 2.19. The molecule has 0 aliphatic heterocycles. The Morgan fingerprint density at radius 3 is 2.16 bits per heavy atom. The van der Waals surface area contributed by atoms with E-state index in [1.54, 1.807) is 21.3 Å². The largest absolute Gasteiger partial charge is 0.493 e. The van der Waals surface area contributed by atoms with Crippen LogP contribution in [0.15, 0.2) is 12.1 Å². The van der Waals surface area contributed by atoms with Crippen LogP contribution >= 0.6 is 12.4 Å². The molecule has 0 saturated heterocycles. The maximum absolute atomic E-state index is 6.14. The van der Waals surface area contributed by atoms with Crippen molar-refractivity contribution in [1.82, 2.24) is 0 Å². The molecule has 0 bridgehead atoms.